The topological polar surface area (TPSA) is 74.7 Å². The fraction of sp³-hybridized carbons (Fsp3) is 0.444. The summed E-state index contributed by atoms with van der Waals surface area (Å²) in [6.07, 6.45) is -0.0237. The van der Waals surface area contributed by atoms with E-state index in [-0.39, 0.29) is 34.7 Å². The van der Waals surface area contributed by atoms with Crippen LogP contribution >= 0.6 is 34.5 Å². The van der Waals surface area contributed by atoms with E-state index in [9.17, 15) is 13.2 Å². The van der Waals surface area contributed by atoms with Gasteiger partial charge < -0.3 is 5.11 Å². The Morgan fingerprint density at radius 1 is 1.50 bits per heavy atom. The zero-order valence-electron chi connectivity index (χ0n) is 8.97. The molecule has 1 fully saturated rings. The smallest absolute Gasteiger partial charge is 0.303 e. The van der Waals surface area contributed by atoms with Crippen molar-refractivity contribution in [3.8, 4) is 0 Å². The normalized spacial score (nSPS) is 17.7. The second-order valence-corrected chi connectivity index (χ2v) is 8.17. The molecule has 0 saturated carbocycles. The Balaban J connectivity index is 2.11. The second kappa shape index (κ2) is 4.97. The van der Waals surface area contributed by atoms with Crippen LogP contribution in [0.3, 0.4) is 0 Å². The zero-order valence-corrected chi connectivity index (χ0v) is 12.1. The van der Waals surface area contributed by atoms with Crippen molar-refractivity contribution in [2.24, 2.45) is 5.92 Å². The molecule has 18 heavy (non-hydrogen) atoms. The number of carbonyl (C=O) groups is 1. The van der Waals surface area contributed by atoms with Crippen LogP contribution in [0.25, 0.3) is 0 Å². The van der Waals surface area contributed by atoms with E-state index in [1.165, 1.54) is 10.4 Å². The van der Waals surface area contributed by atoms with Crippen LogP contribution in [0.4, 0.5) is 0 Å². The van der Waals surface area contributed by atoms with Gasteiger partial charge in [0.1, 0.15) is 9.23 Å². The largest absolute Gasteiger partial charge is 0.481 e. The molecule has 2 heterocycles. The predicted octanol–water partition coefficient (Wildman–Crippen LogP) is 2.15. The number of aliphatic carboxylic acids is 1. The van der Waals surface area contributed by atoms with Crippen molar-refractivity contribution in [3.05, 3.63) is 14.7 Å². The van der Waals surface area contributed by atoms with E-state index in [2.05, 4.69) is 0 Å². The molecule has 2 rings (SSSR count). The SMILES string of the molecule is O=C(O)CC1CN(S(=O)(=O)c2cc(Cl)sc2Cl)C1. The summed E-state index contributed by atoms with van der Waals surface area (Å²) in [5, 5.41) is 8.60. The Morgan fingerprint density at radius 3 is 2.56 bits per heavy atom. The van der Waals surface area contributed by atoms with Crippen LogP contribution in [0.15, 0.2) is 11.0 Å². The van der Waals surface area contributed by atoms with Crippen molar-refractivity contribution in [3.63, 3.8) is 0 Å². The molecule has 1 N–H and O–H groups in total. The van der Waals surface area contributed by atoms with Crippen LogP contribution in [0.5, 0.6) is 0 Å². The molecular weight excluding hydrogens is 321 g/mol. The van der Waals surface area contributed by atoms with Crippen LogP contribution in [0, 0.1) is 5.92 Å². The summed E-state index contributed by atoms with van der Waals surface area (Å²) in [7, 11) is -3.65. The summed E-state index contributed by atoms with van der Waals surface area (Å²) in [6, 6.07) is 1.31. The van der Waals surface area contributed by atoms with E-state index < -0.39 is 16.0 Å². The van der Waals surface area contributed by atoms with Crippen molar-refractivity contribution in [2.45, 2.75) is 11.3 Å². The molecule has 1 aromatic heterocycles. The van der Waals surface area contributed by atoms with Crippen molar-refractivity contribution >= 4 is 50.5 Å². The van der Waals surface area contributed by atoms with Crippen LogP contribution in [-0.2, 0) is 14.8 Å². The maximum Gasteiger partial charge on any atom is 0.303 e. The minimum atomic E-state index is -3.65. The molecule has 100 valence electrons. The molecule has 1 aromatic rings. The van der Waals surface area contributed by atoms with E-state index in [1.807, 2.05) is 0 Å². The molecule has 1 aliphatic heterocycles. The fourth-order valence-corrected chi connectivity index (χ4v) is 5.44. The first-order chi connectivity index (χ1) is 8.30. The number of nitrogens with zero attached hydrogens (tertiary/aromatic N) is 1. The van der Waals surface area contributed by atoms with Crippen LogP contribution < -0.4 is 0 Å². The lowest BCUT2D eigenvalue weighted by Crippen LogP contribution is -2.50. The van der Waals surface area contributed by atoms with Crippen LogP contribution in [0.2, 0.25) is 8.67 Å². The zero-order chi connectivity index (χ0) is 13.5. The van der Waals surface area contributed by atoms with Crippen LogP contribution in [0.1, 0.15) is 6.42 Å². The van der Waals surface area contributed by atoms with Gasteiger partial charge in [0.15, 0.2) is 0 Å². The van der Waals surface area contributed by atoms with Gasteiger partial charge in [-0.3, -0.25) is 4.79 Å². The third-order valence-electron chi connectivity index (χ3n) is 2.63. The van der Waals surface area contributed by atoms with Crippen molar-refractivity contribution in [1.29, 1.82) is 0 Å². The van der Waals surface area contributed by atoms with Crippen molar-refractivity contribution in [1.82, 2.24) is 4.31 Å². The third-order valence-corrected chi connectivity index (χ3v) is 6.21. The molecule has 0 aliphatic carbocycles. The number of sulfonamides is 1. The molecule has 0 bridgehead atoms. The molecule has 9 heteroatoms. The van der Waals surface area contributed by atoms with Gasteiger partial charge >= 0.3 is 5.97 Å². The summed E-state index contributed by atoms with van der Waals surface area (Å²) < 4.78 is 25.9. The molecular formula is C9H9Cl2NO4S2. The maximum atomic E-state index is 12.1. The lowest BCUT2D eigenvalue weighted by molar-refractivity contribution is -0.139. The highest BCUT2D eigenvalue weighted by atomic mass is 35.5. The van der Waals surface area contributed by atoms with Crippen LogP contribution in [-0.4, -0.2) is 36.9 Å². The quantitative estimate of drug-likeness (QED) is 0.918. The average molecular weight is 330 g/mol. The molecule has 0 amide bonds. The summed E-state index contributed by atoms with van der Waals surface area (Å²) in [5.41, 5.74) is 0. The molecule has 0 atom stereocenters. The minimum Gasteiger partial charge on any atom is -0.481 e. The van der Waals surface area contributed by atoms with E-state index >= 15 is 0 Å². The van der Waals surface area contributed by atoms with E-state index in [0.717, 1.165) is 11.3 Å². The van der Waals surface area contributed by atoms with Gasteiger partial charge in [0.25, 0.3) is 0 Å². The number of thiophene rings is 1. The highest BCUT2D eigenvalue weighted by Crippen LogP contribution is 2.37. The number of hydrogen-bond donors (Lipinski definition) is 1. The molecule has 5 nitrogen and oxygen atoms in total. The first kappa shape index (κ1) is 14.1. The second-order valence-electron chi connectivity index (χ2n) is 3.97. The Hall–Kier alpha value is -0.340. The van der Waals surface area contributed by atoms with E-state index in [4.69, 9.17) is 28.3 Å². The minimum absolute atomic E-state index is 0.00654. The average Bonchev–Trinajstić information content (AvgIpc) is 2.51. The Morgan fingerprint density at radius 2 is 2.11 bits per heavy atom. The molecule has 0 aromatic carbocycles. The Labute approximate surface area is 118 Å². The van der Waals surface area contributed by atoms with Gasteiger partial charge in [0.2, 0.25) is 10.0 Å². The van der Waals surface area contributed by atoms with Gasteiger partial charge in [-0.1, -0.05) is 23.2 Å². The summed E-state index contributed by atoms with van der Waals surface area (Å²) in [5.74, 6) is -1.06. The summed E-state index contributed by atoms with van der Waals surface area (Å²) in [6.45, 7) is 0.414. The van der Waals surface area contributed by atoms with Gasteiger partial charge in [0, 0.05) is 13.1 Å². The van der Waals surface area contributed by atoms with Crippen molar-refractivity contribution in [2.75, 3.05) is 13.1 Å². The molecule has 0 unspecified atom stereocenters. The lowest BCUT2D eigenvalue weighted by atomic mass is 10.00. The monoisotopic (exact) mass is 329 g/mol. The fourth-order valence-electron chi connectivity index (χ4n) is 1.73. The number of hydrogen-bond acceptors (Lipinski definition) is 4. The number of carboxylic acid groups (broad SMARTS) is 1. The van der Waals surface area contributed by atoms with E-state index in [1.54, 1.807) is 0 Å². The number of halogens is 2. The van der Waals surface area contributed by atoms with Gasteiger partial charge in [-0.05, 0) is 12.0 Å². The van der Waals surface area contributed by atoms with Gasteiger partial charge in [-0.2, -0.15) is 4.31 Å². The van der Waals surface area contributed by atoms with Crippen molar-refractivity contribution < 1.29 is 18.3 Å². The standard InChI is InChI=1S/C9H9Cl2NO4S2/c10-7-2-6(9(11)17-7)18(15,16)12-3-5(4-12)1-8(13)14/h2,5H,1,3-4H2,(H,13,14). The number of rotatable bonds is 4. The van der Waals surface area contributed by atoms with Gasteiger partial charge in [-0.25, -0.2) is 8.42 Å². The first-order valence-electron chi connectivity index (χ1n) is 4.97. The molecule has 0 spiro atoms. The van der Waals surface area contributed by atoms with Gasteiger partial charge in [-0.15, -0.1) is 11.3 Å². The van der Waals surface area contributed by atoms with E-state index in [0.29, 0.717) is 4.34 Å². The third kappa shape index (κ3) is 2.65. The summed E-state index contributed by atoms with van der Waals surface area (Å²) >= 11 is 12.5. The molecule has 1 aliphatic rings. The Kier molecular flexibility index (Phi) is 3.89. The number of carboxylic acids is 1. The summed E-state index contributed by atoms with van der Waals surface area (Å²) in [4.78, 5) is 10.5. The highest BCUT2D eigenvalue weighted by Gasteiger charge is 2.39. The first-order valence-corrected chi connectivity index (χ1v) is 7.98. The lowest BCUT2D eigenvalue weighted by Gasteiger charge is -2.37. The van der Waals surface area contributed by atoms with Gasteiger partial charge in [0.05, 0.1) is 10.8 Å². The molecule has 0 radical (unpaired) electrons. The predicted molar refractivity (Wildman–Crippen MR) is 68.8 cm³/mol. The molecule has 1 saturated heterocycles. The Bertz CT molecular complexity index is 577. The maximum absolute atomic E-state index is 12.1. The highest BCUT2D eigenvalue weighted by molar-refractivity contribution is 7.89.